The largest absolute Gasteiger partial charge is 0.375 e. The number of hydrogen-bond acceptors (Lipinski definition) is 3. The summed E-state index contributed by atoms with van der Waals surface area (Å²) in [6.07, 6.45) is 7.88. The Balaban J connectivity index is 2.05. The van der Waals surface area contributed by atoms with Crippen molar-refractivity contribution in [2.45, 2.75) is 70.8 Å². The molecule has 138 valence electrons. The van der Waals surface area contributed by atoms with E-state index in [1.807, 2.05) is 0 Å². The van der Waals surface area contributed by atoms with Gasteiger partial charge in [-0.15, -0.1) is 0 Å². The molecule has 0 aromatic heterocycles. The van der Waals surface area contributed by atoms with Crippen molar-refractivity contribution < 1.29 is 14.7 Å². The standard InChI is InChI=1S/C20H28ClNO3/c1-3-4-5-6-7-8-9-12-22-18-11-10-16(21)13-17(18)20(25,19(22)24)14-15(2)23/h10-11,13,25H,3-9,12,14H2,1-2H3. The molecule has 4 nitrogen and oxygen atoms in total. The van der Waals surface area contributed by atoms with Gasteiger partial charge < -0.3 is 10.0 Å². The predicted molar refractivity (Wildman–Crippen MR) is 101 cm³/mol. The summed E-state index contributed by atoms with van der Waals surface area (Å²) in [5, 5.41) is 11.4. The number of aliphatic hydroxyl groups is 1. The summed E-state index contributed by atoms with van der Waals surface area (Å²) in [6.45, 7) is 4.14. The van der Waals surface area contributed by atoms with Gasteiger partial charge in [0, 0.05) is 23.6 Å². The van der Waals surface area contributed by atoms with Crippen LogP contribution in [-0.2, 0) is 15.2 Å². The van der Waals surface area contributed by atoms with E-state index in [9.17, 15) is 14.7 Å². The number of benzene rings is 1. The van der Waals surface area contributed by atoms with Gasteiger partial charge >= 0.3 is 0 Å². The van der Waals surface area contributed by atoms with E-state index in [0.29, 0.717) is 22.8 Å². The molecule has 1 N–H and O–H groups in total. The first kappa shape index (κ1) is 19.9. The maximum atomic E-state index is 12.8. The highest BCUT2D eigenvalue weighted by atomic mass is 35.5. The molecular formula is C20H28ClNO3. The Labute approximate surface area is 155 Å². The molecule has 1 aliphatic heterocycles. The summed E-state index contributed by atoms with van der Waals surface area (Å²) < 4.78 is 0. The summed E-state index contributed by atoms with van der Waals surface area (Å²) in [7, 11) is 0. The number of hydrogen-bond donors (Lipinski definition) is 1. The fourth-order valence-electron chi connectivity index (χ4n) is 3.50. The van der Waals surface area contributed by atoms with Crippen LogP contribution < -0.4 is 4.90 Å². The summed E-state index contributed by atoms with van der Waals surface area (Å²) in [5.41, 5.74) is -0.667. The molecule has 0 aliphatic carbocycles. The number of ketones is 1. The lowest BCUT2D eigenvalue weighted by Crippen LogP contribution is -2.41. The van der Waals surface area contributed by atoms with Crippen LogP contribution in [0.3, 0.4) is 0 Å². The van der Waals surface area contributed by atoms with Crippen molar-refractivity contribution in [2.24, 2.45) is 0 Å². The van der Waals surface area contributed by atoms with Crippen molar-refractivity contribution in [3.63, 3.8) is 0 Å². The molecule has 0 saturated heterocycles. The zero-order valence-electron chi connectivity index (χ0n) is 15.2. The number of fused-ring (bicyclic) bond motifs is 1. The minimum absolute atomic E-state index is 0.216. The topological polar surface area (TPSA) is 57.6 Å². The van der Waals surface area contributed by atoms with Crippen LogP contribution in [0.15, 0.2) is 18.2 Å². The SMILES string of the molecule is CCCCCCCCCN1C(=O)C(O)(CC(C)=O)c2cc(Cl)ccc21. The Morgan fingerprint density at radius 3 is 2.44 bits per heavy atom. The molecule has 0 fully saturated rings. The Bertz CT molecular complexity index is 631. The molecule has 2 rings (SSSR count). The van der Waals surface area contributed by atoms with Gasteiger partial charge in [0.15, 0.2) is 5.60 Å². The lowest BCUT2D eigenvalue weighted by molar-refractivity contribution is -0.141. The summed E-state index contributed by atoms with van der Waals surface area (Å²) in [4.78, 5) is 26.0. The number of rotatable bonds is 10. The maximum Gasteiger partial charge on any atom is 0.264 e. The molecule has 1 aromatic carbocycles. The fourth-order valence-corrected chi connectivity index (χ4v) is 3.68. The quantitative estimate of drug-likeness (QED) is 0.616. The fraction of sp³-hybridized carbons (Fsp3) is 0.600. The molecule has 0 saturated carbocycles. The monoisotopic (exact) mass is 365 g/mol. The second-order valence-corrected chi connectivity index (χ2v) is 7.42. The van der Waals surface area contributed by atoms with Gasteiger partial charge in [-0.25, -0.2) is 0 Å². The summed E-state index contributed by atoms with van der Waals surface area (Å²) in [5.74, 6) is -0.634. The van der Waals surface area contributed by atoms with Crippen LogP contribution in [0.1, 0.15) is 70.8 Å². The first-order valence-corrected chi connectivity index (χ1v) is 9.61. The van der Waals surface area contributed by atoms with Gasteiger partial charge in [0.25, 0.3) is 5.91 Å². The first-order chi connectivity index (χ1) is 11.9. The van der Waals surface area contributed by atoms with Crippen molar-refractivity contribution in [1.29, 1.82) is 0 Å². The molecule has 25 heavy (non-hydrogen) atoms. The van der Waals surface area contributed by atoms with Crippen molar-refractivity contribution >= 4 is 29.0 Å². The van der Waals surface area contributed by atoms with Crippen LogP contribution in [0.2, 0.25) is 5.02 Å². The van der Waals surface area contributed by atoms with Crippen molar-refractivity contribution in [1.82, 2.24) is 0 Å². The van der Waals surface area contributed by atoms with E-state index in [1.54, 1.807) is 23.1 Å². The van der Waals surface area contributed by atoms with E-state index in [-0.39, 0.29) is 12.2 Å². The van der Waals surface area contributed by atoms with Crippen LogP contribution in [0.5, 0.6) is 0 Å². The molecule has 1 aliphatic rings. The van der Waals surface area contributed by atoms with Crippen LogP contribution >= 0.6 is 11.6 Å². The first-order valence-electron chi connectivity index (χ1n) is 9.24. The Morgan fingerprint density at radius 1 is 1.16 bits per heavy atom. The second kappa shape index (κ2) is 8.81. The van der Waals surface area contributed by atoms with Gasteiger partial charge in [0.2, 0.25) is 0 Å². The Morgan fingerprint density at radius 2 is 1.80 bits per heavy atom. The third-order valence-corrected chi connectivity index (χ3v) is 5.02. The zero-order chi connectivity index (χ0) is 18.4. The summed E-state index contributed by atoms with van der Waals surface area (Å²) in [6, 6.07) is 5.07. The van der Waals surface area contributed by atoms with Crippen LogP contribution in [0.4, 0.5) is 5.69 Å². The van der Waals surface area contributed by atoms with Crippen molar-refractivity contribution in [3.05, 3.63) is 28.8 Å². The predicted octanol–water partition coefficient (Wildman–Crippen LogP) is 4.60. The number of carbonyl (C=O) groups excluding carboxylic acids is 2. The third-order valence-electron chi connectivity index (χ3n) is 4.78. The number of amides is 1. The van der Waals surface area contributed by atoms with E-state index in [1.165, 1.54) is 32.6 Å². The molecule has 0 spiro atoms. The molecular weight excluding hydrogens is 338 g/mol. The highest BCUT2D eigenvalue weighted by Crippen LogP contribution is 2.43. The molecule has 5 heteroatoms. The van der Waals surface area contributed by atoms with Crippen LogP contribution in [0.25, 0.3) is 0 Å². The van der Waals surface area contributed by atoms with Crippen molar-refractivity contribution in [2.75, 3.05) is 11.4 Å². The molecule has 1 aromatic rings. The number of Topliss-reactive ketones (excluding diaryl/α,β-unsaturated/α-hetero) is 1. The highest BCUT2D eigenvalue weighted by Gasteiger charge is 2.50. The molecule has 0 bridgehead atoms. The molecule has 0 radical (unpaired) electrons. The smallest absolute Gasteiger partial charge is 0.264 e. The lowest BCUT2D eigenvalue weighted by atomic mass is 9.90. The molecule has 1 unspecified atom stereocenters. The van der Waals surface area contributed by atoms with Crippen LogP contribution in [-0.4, -0.2) is 23.3 Å². The van der Waals surface area contributed by atoms with E-state index in [4.69, 9.17) is 11.6 Å². The van der Waals surface area contributed by atoms with Gasteiger partial charge in [-0.3, -0.25) is 9.59 Å². The second-order valence-electron chi connectivity index (χ2n) is 6.98. The van der Waals surface area contributed by atoms with Gasteiger partial charge in [-0.2, -0.15) is 0 Å². The Hall–Kier alpha value is -1.39. The average molecular weight is 366 g/mol. The number of unbranched alkanes of at least 4 members (excludes halogenated alkanes) is 6. The normalized spacial score (nSPS) is 19.4. The van der Waals surface area contributed by atoms with Crippen LogP contribution in [0, 0.1) is 0 Å². The number of anilines is 1. The lowest BCUT2D eigenvalue weighted by Gasteiger charge is -2.22. The molecule has 1 atom stereocenters. The minimum Gasteiger partial charge on any atom is -0.375 e. The number of carbonyl (C=O) groups is 2. The molecule has 1 amide bonds. The minimum atomic E-state index is -1.78. The van der Waals surface area contributed by atoms with E-state index < -0.39 is 11.5 Å². The van der Waals surface area contributed by atoms with E-state index >= 15 is 0 Å². The van der Waals surface area contributed by atoms with Gasteiger partial charge in [0.1, 0.15) is 5.78 Å². The Kier molecular flexibility index (Phi) is 7.03. The maximum absolute atomic E-state index is 12.8. The van der Waals surface area contributed by atoms with E-state index in [0.717, 1.165) is 19.3 Å². The molecule has 1 heterocycles. The third kappa shape index (κ3) is 4.62. The van der Waals surface area contributed by atoms with Gasteiger partial charge in [-0.1, -0.05) is 57.0 Å². The summed E-state index contributed by atoms with van der Waals surface area (Å²) >= 11 is 6.04. The van der Waals surface area contributed by atoms with Gasteiger partial charge in [-0.05, 0) is 31.5 Å². The number of nitrogens with zero attached hydrogens (tertiary/aromatic N) is 1. The zero-order valence-corrected chi connectivity index (χ0v) is 15.9. The highest BCUT2D eigenvalue weighted by molar-refractivity contribution is 6.31. The number of halogens is 1. The average Bonchev–Trinajstić information content (AvgIpc) is 2.75. The van der Waals surface area contributed by atoms with Gasteiger partial charge in [0.05, 0.1) is 5.69 Å². The van der Waals surface area contributed by atoms with Crippen molar-refractivity contribution in [3.8, 4) is 0 Å². The van der Waals surface area contributed by atoms with E-state index in [2.05, 4.69) is 6.92 Å².